The minimum absolute atomic E-state index is 0.126. The molecule has 2 rings (SSSR count). The Balaban J connectivity index is 1.88. The number of amides is 1. The molecule has 1 aliphatic rings. The van der Waals surface area contributed by atoms with Crippen LogP contribution in [0, 0.1) is 5.41 Å². The zero-order valence-electron chi connectivity index (χ0n) is 9.38. The maximum absolute atomic E-state index is 11.7. The highest BCUT2D eigenvalue weighted by Gasteiger charge is 2.29. The molecule has 0 aliphatic heterocycles. The SMILES string of the molecule is CC1(CNC(=O)c2ccc(Br)o2)CCCC1. The van der Waals surface area contributed by atoms with Crippen LogP contribution >= 0.6 is 15.9 Å². The Labute approximate surface area is 104 Å². The van der Waals surface area contributed by atoms with E-state index in [1.807, 2.05) is 0 Å². The van der Waals surface area contributed by atoms with E-state index >= 15 is 0 Å². The van der Waals surface area contributed by atoms with Gasteiger partial charge in [0.25, 0.3) is 5.91 Å². The van der Waals surface area contributed by atoms with Gasteiger partial charge in [0, 0.05) is 6.54 Å². The second-order valence-corrected chi connectivity index (χ2v) is 5.59. The van der Waals surface area contributed by atoms with Crippen LogP contribution < -0.4 is 5.32 Å². The summed E-state index contributed by atoms with van der Waals surface area (Å²) >= 11 is 3.18. The molecule has 1 aromatic rings. The molecular weight excluding hydrogens is 270 g/mol. The Morgan fingerprint density at radius 2 is 2.19 bits per heavy atom. The van der Waals surface area contributed by atoms with Gasteiger partial charge in [-0.3, -0.25) is 4.79 Å². The quantitative estimate of drug-likeness (QED) is 0.925. The van der Waals surface area contributed by atoms with Crippen LogP contribution in [0.15, 0.2) is 21.2 Å². The van der Waals surface area contributed by atoms with Crippen LogP contribution in [0.25, 0.3) is 0 Å². The predicted octanol–water partition coefficient (Wildman–Crippen LogP) is 3.35. The fourth-order valence-corrected chi connectivity index (χ4v) is 2.53. The van der Waals surface area contributed by atoms with Gasteiger partial charge in [0.2, 0.25) is 0 Å². The van der Waals surface area contributed by atoms with Gasteiger partial charge in [-0.05, 0) is 46.3 Å². The summed E-state index contributed by atoms with van der Waals surface area (Å²) in [4.78, 5) is 11.7. The molecule has 16 heavy (non-hydrogen) atoms. The van der Waals surface area contributed by atoms with E-state index in [-0.39, 0.29) is 11.3 Å². The predicted molar refractivity (Wildman–Crippen MR) is 65.3 cm³/mol. The van der Waals surface area contributed by atoms with E-state index in [1.54, 1.807) is 12.1 Å². The van der Waals surface area contributed by atoms with Gasteiger partial charge in [0.1, 0.15) is 0 Å². The second-order valence-electron chi connectivity index (χ2n) is 4.80. The fourth-order valence-electron chi connectivity index (χ4n) is 2.22. The molecule has 1 heterocycles. The number of nitrogens with one attached hydrogen (secondary N) is 1. The van der Waals surface area contributed by atoms with Crippen molar-refractivity contribution in [3.63, 3.8) is 0 Å². The lowest BCUT2D eigenvalue weighted by Gasteiger charge is -2.23. The Morgan fingerprint density at radius 3 is 2.75 bits per heavy atom. The van der Waals surface area contributed by atoms with Gasteiger partial charge < -0.3 is 9.73 Å². The van der Waals surface area contributed by atoms with E-state index < -0.39 is 0 Å². The summed E-state index contributed by atoms with van der Waals surface area (Å²) in [5, 5.41) is 2.94. The van der Waals surface area contributed by atoms with Crippen molar-refractivity contribution >= 4 is 21.8 Å². The van der Waals surface area contributed by atoms with Crippen molar-refractivity contribution in [3.05, 3.63) is 22.6 Å². The van der Waals surface area contributed by atoms with Crippen LogP contribution in [0.1, 0.15) is 43.2 Å². The van der Waals surface area contributed by atoms with Gasteiger partial charge in [0.05, 0.1) is 0 Å². The van der Waals surface area contributed by atoms with E-state index in [0.717, 1.165) is 6.54 Å². The number of rotatable bonds is 3. The summed E-state index contributed by atoms with van der Waals surface area (Å²) < 4.78 is 5.79. The lowest BCUT2D eigenvalue weighted by atomic mass is 9.89. The summed E-state index contributed by atoms with van der Waals surface area (Å²) in [6.07, 6.45) is 4.96. The van der Waals surface area contributed by atoms with Crippen LogP contribution in [0.4, 0.5) is 0 Å². The summed E-state index contributed by atoms with van der Waals surface area (Å²) in [7, 11) is 0. The normalized spacial score (nSPS) is 18.6. The Morgan fingerprint density at radius 1 is 1.50 bits per heavy atom. The maximum atomic E-state index is 11.7. The van der Waals surface area contributed by atoms with Gasteiger partial charge in [-0.15, -0.1) is 0 Å². The van der Waals surface area contributed by atoms with Crippen LogP contribution in [-0.4, -0.2) is 12.5 Å². The van der Waals surface area contributed by atoms with E-state index in [2.05, 4.69) is 28.2 Å². The molecule has 1 amide bonds. The van der Waals surface area contributed by atoms with E-state index in [1.165, 1.54) is 25.7 Å². The molecule has 1 aromatic heterocycles. The molecule has 0 unspecified atom stereocenters. The number of carbonyl (C=O) groups is 1. The molecule has 3 nitrogen and oxygen atoms in total. The van der Waals surface area contributed by atoms with Gasteiger partial charge in [-0.2, -0.15) is 0 Å². The largest absolute Gasteiger partial charge is 0.444 e. The van der Waals surface area contributed by atoms with Gasteiger partial charge in [-0.25, -0.2) is 0 Å². The standard InChI is InChI=1S/C12H16BrNO2/c1-12(6-2-3-7-12)8-14-11(15)9-4-5-10(13)16-9/h4-5H,2-3,6-8H2,1H3,(H,14,15). The van der Waals surface area contributed by atoms with Crippen molar-refractivity contribution in [2.75, 3.05) is 6.54 Å². The minimum atomic E-state index is -0.126. The Kier molecular flexibility index (Phi) is 3.38. The molecule has 0 bridgehead atoms. The van der Waals surface area contributed by atoms with Crippen molar-refractivity contribution < 1.29 is 9.21 Å². The molecule has 0 aromatic carbocycles. The molecule has 1 N–H and O–H groups in total. The van der Waals surface area contributed by atoms with Crippen molar-refractivity contribution in [1.82, 2.24) is 5.32 Å². The highest BCUT2D eigenvalue weighted by Crippen LogP contribution is 2.36. The first-order chi connectivity index (χ1) is 7.59. The topological polar surface area (TPSA) is 42.2 Å². The second kappa shape index (κ2) is 4.62. The average molecular weight is 286 g/mol. The van der Waals surface area contributed by atoms with Crippen molar-refractivity contribution in [1.29, 1.82) is 0 Å². The first kappa shape index (κ1) is 11.7. The lowest BCUT2D eigenvalue weighted by Crippen LogP contribution is -2.33. The smallest absolute Gasteiger partial charge is 0.287 e. The van der Waals surface area contributed by atoms with E-state index in [0.29, 0.717) is 10.4 Å². The number of carbonyl (C=O) groups excluding carboxylic acids is 1. The highest BCUT2D eigenvalue weighted by atomic mass is 79.9. The zero-order chi connectivity index (χ0) is 11.6. The van der Waals surface area contributed by atoms with Gasteiger partial charge in [0.15, 0.2) is 10.4 Å². The molecular formula is C12H16BrNO2. The van der Waals surface area contributed by atoms with Crippen molar-refractivity contribution in [2.45, 2.75) is 32.6 Å². The molecule has 4 heteroatoms. The molecule has 1 aliphatic carbocycles. The van der Waals surface area contributed by atoms with Crippen LogP contribution in [-0.2, 0) is 0 Å². The number of furan rings is 1. The summed E-state index contributed by atoms with van der Waals surface area (Å²) in [5.41, 5.74) is 0.277. The molecule has 1 saturated carbocycles. The van der Waals surface area contributed by atoms with Crippen LogP contribution in [0.2, 0.25) is 0 Å². The number of hydrogen-bond acceptors (Lipinski definition) is 2. The zero-order valence-corrected chi connectivity index (χ0v) is 11.0. The van der Waals surface area contributed by atoms with Gasteiger partial charge in [-0.1, -0.05) is 19.8 Å². The van der Waals surface area contributed by atoms with Crippen molar-refractivity contribution in [3.8, 4) is 0 Å². The molecule has 0 spiro atoms. The van der Waals surface area contributed by atoms with E-state index in [9.17, 15) is 4.79 Å². The third-order valence-electron chi connectivity index (χ3n) is 3.28. The summed E-state index contributed by atoms with van der Waals surface area (Å²) in [6.45, 7) is 2.97. The number of halogens is 1. The number of hydrogen-bond donors (Lipinski definition) is 1. The molecule has 0 radical (unpaired) electrons. The fraction of sp³-hybridized carbons (Fsp3) is 0.583. The lowest BCUT2D eigenvalue weighted by molar-refractivity contribution is 0.0905. The minimum Gasteiger partial charge on any atom is -0.444 e. The Bertz CT molecular complexity index is 380. The van der Waals surface area contributed by atoms with Gasteiger partial charge >= 0.3 is 0 Å². The van der Waals surface area contributed by atoms with E-state index in [4.69, 9.17) is 4.42 Å². The van der Waals surface area contributed by atoms with Crippen molar-refractivity contribution in [2.24, 2.45) is 5.41 Å². The molecule has 0 saturated heterocycles. The first-order valence-electron chi connectivity index (χ1n) is 5.63. The van der Waals surface area contributed by atoms with Crippen LogP contribution in [0.3, 0.4) is 0 Å². The van der Waals surface area contributed by atoms with Crippen LogP contribution in [0.5, 0.6) is 0 Å². The summed E-state index contributed by atoms with van der Waals surface area (Å²) in [6, 6.07) is 3.41. The monoisotopic (exact) mass is 285 g/mol. The maximum Gasteiger partial charge on any atom is 0.287 e. The third-order valence-corrected chi connectivity index (χ3v) is 3.71. The molecule has 0 atom stereocenters. The average Bonchev–Trinajstić information content (AvgIpc) is 2.85. The molecule has 1 fully saturated rings. The summed E-state index contributed by atoms with van der Waals surface area (Å²) in [5.74, 6) is 0.243. The molecule has 88 valence electrons. The highest BCUT2D eigenvalue weighted by molar-refractivity contribution is 9.10. The Hall–Kier alpha value is -0.770. The third kappa shape index (κ3) is 2.67. The first-order valence-corrected chi connectivity index (χ1v) is 6.42.